The lowest BCUT2D eigenvalue weighted by atomic mass is 9.50. The van der Waals surface area contributed by atoms with E-state index in [1.165, 1.54) is 13.2 Å². The summed E-state index contributed by atoms with van der Waals surface area (Å²) in [6, 6.07) is 18.0. The van der Waals surface area contributed by atoms with E-state index in [1.54, 1.807) is 72.8 Å². The monoisotopic (exact) mass is 836 g/mol. The molecule has 4 aliphatic rings. The number of benzene rings is 3. The first-order valence-electron chi connectivity index (χ1n) is 17.7. The molecule has 4 amide bonds. The Bertz CT molecular complexity index is 2410. The number of rotatable bonds is 7. The topological polar surface area (TPSA) is 129 Å². The van der Waals surface area contributed by atoms with Gasteiger partial charge in [0, 0.05) is 22.2 Å². The number of hydrazine groups is 1. The fourth-order valence-corrected chi connectivity index (χ4v) is 9.34. The Labute approximate surface area is 338 Å². The molecule has 16 heteroatoms. The number of nitrogens with one attached hydrogen (secondary N) is 1. The molecule has 2 aliphatic heterocycles. The van der Waals surface area contributed by atoms with Gasteiger partial charge in [0.1, 0.15) is 0 Å². The minimum Gasteiger partial charge on any atom is -0.504 e. The number of carbonyl (C=O) groups excluding carboxylic acids is 4. The fraction of sp³-hybridized carbons (Fsp3) is 0.244. The van der Waals surface area contributed by atoms with Gasteiger partial charge in [-0.1, -0.05) is 76.8 Å². The van der Waals surface area contributed by atoms with E-state index in [0.717, 1.165) is 9.91 Å². The van der Waals surface area contributed by atoms with Crippen LogP contribution >= 0.6 is 34.8 Å². The summed E-state index contributed by atoms with van der Waals surface area (Å²) in [5.41, 5.74) is 1.74. The Morgan fingerprint density at radius 2 is 1.60 bits per heavy atom. The molecule has 0 radical (unpaired) electrons. The zero-order valence-electron chi connectivity index (χ0n) is 29.6. The predicted molar refractivity (Wildman–Crippen MR) is 205 cm³/mol. The van der Waals surface area contributed by atoms with Crippen LogP contribution in [0.2, 0.25) is 15.1 Å². The first-order chi connectivity index (χ1) is 27.1. The number of phenolic OH excluding ortho intramolecular Hbond substituents is 1. The van der Waals surface area contributed by atoms with Gasteiger partial charge in [-0.15, -0.1) is 0 Å². The van der Waals surface area contributed by atoms with Gasteiger partial charge in [-0.05, 0) is 84.5 Å². The summed E-state index contributed by atoms with van der Waals surface area (Å²) in [5.74, 6) is -7.11. The predicted octanol–water partition coefficient (Wildman–Crippen LogP) is 8.51. The van der Waals surface area contributed by atoms with Crippen LogP contribution in [0.4, 0.5) is 24.7 Å². The molecule has 6 atom stereocenters. The third kappa shape index (κ3) is 6.23. The van der Waals surface area contributed by atoms with Crippen molar-refractivity contribution in [3.05, 3.63) is 128 Å². The molecule has 3 aromatic carbocycles. The van der Waals surface area contributed by atoms with E-state index in [9.17, 15) is 32.7 Å². The van der Waals surface area contributed by atoms with Gasteiger partial charge in [0.05, 0.1) is 46.6 Å². The molecule has 8 rings (SSSR count). The number of pyridine rings is 1. The second-order valence-electron chi connectivity index (χ2n) is 14.2. The maximum atomic E-state index is 15.3. The summed E-state index contributed by atoms with van der Waals surface area (Å²) in [7, 11) is 1.40. The maximum Gasteiger partial charge on any atom is 0.417 e. The minimum absolute atomic E-state index is 0.0442. The number of nitrogens with zero attached hydrogens (tertiary/aromatic N) is 3. The van der Waals surface area contributed by atoms with Gasteiger partial charge in [-0.3, -0.25) is 29.5 Å². The van der Waals surface area contributed by atoms with E-state index in [2.05, 4.69) is 10.4 Å². The molecule has 4 aromatic rings. The van der Waals surface area contributed by atoms with Gasteiger partial charge in [-0.2, -0.15) is 18.2 Å². The molecule has 2 aliphatic carbocycles. The van der Waals surface area contributed by atoms with Gasteiger partial charge in [0.2, 0.25) is 11.8 Å². The van der Waals surface area contributed by atoms with Gasteiger partial charge in [-0.25, -0.2) is 4.98 Å². The minimum atomic E-state index is -4.76. The smallest absolute Gasteiger partial charge is 0.417 e. The average Bonchev–Trinajstić information content (AvgIpc) is 3.56. The number of imide groups is 2. The van der Waals surface area contributed by atoms with Crippen molar-refractivity contribution in [1.29, 1.82) is 0 Å². The lowest BCUT2D eigenvalue weighted by Gasteiger charge is -2.49. The molecular weight excluding hydrogens is 808 g/mol. The number of ether oxygens (including phenoxy) is 1. The Morgan fingerprint density at radius 3 is 2.25 bits per heavy atom. The molecule has 1 saturated carbocycles. The van der Waals surface area contributed by atoms with Crippen molar-refractivity contribution in [2.75, 3.05) is 17.4 Å². The van der Waals surface area contributed by atoms with Crippen LogP contribution in [0.15, 0.2) is 96.7 Å². The SMILES string of the molecule is COc1cc(C=CC2C3=CCC4C(=O)N(c5ccc(Cl)cc5)C(=O)C4C3CC3C(=O)N(Nc4ncc(C(F)(F)F)cc4Cl)C(=O)C23c2ccc(Cl)cc2)ccc1O. The summed E-state index contributed by atoms with van der Waals surface area (Å²) in [4.78, 5) is 63.4. The van der Waals surface area contributed by atoms with E-state index in [4.69, 9.17) is 39.5 Å². The Hall–Kier alpha value is -5.37. The highest BCUT2D eigenvalue weighted by Crippen LogP contribution is 2.62. The largest absolute Gasteiger partial charge is 0.504 e. The summed E-state index contributed by atoms with van der Waals surface area (Å²) in [6.45, 7) is 0. The van der Waals surface area contributed by atoms with E-state index in [0.29, 0.717) is 44.7 Å². The summed E-state index contributed by atoms with van der Waals surface area (Å²) >= 11 is 18.7. The van der Waals surface area contributed by atoms with E-state index in [-0.39, 0.29) is 30.2 Å². The van der Waals surface area contributed by atoms with Crippen LogP contribution in [0.25, 0.3) is 6.08 Å². The number of alkyl halides is 3. The van der Waals surface area contributed by atoms with E-state index < -0.39 is 75.4 Å². The zero-order chi connectivity index (χ0) is 40.6. The molecular formula is C41H30Cl3F3N4O6. The van der Waals surface area contributed by atoms with Gasteiger partial charge >= 0.3 is 6.18 Å². The number of anilines is 2. The molecule has 57 heavy (non-hydrogen) atoms. The van der Waals surface area contributed by atoms with Crippen molar-refractivity contribution < 1.29 is 42.2 Å². The molecule has 3 heterocycles. The van der Waals surface area contributed by atoms with Crippen molar-refractivity contribution in [1.82, 2.24) is 9.99 Å². The summed E-state index contributed by atoms with van der Waals surface area (Å²) in [6.07, 6.45) is 1.23. The third-order valence-electron chi connectivity index (χ3n) is 11.4. The maximum absolute atomic E-state index is 15.3. The molecule has 1 aromatic heterocycles. The molecule has 3 fully saturated rings. The van der Waals surface area contributed by atoms with Crippen molar-refractivity contribution in [2.45, 2.75) is 24.4 Å². The highest BCUT2D eigenvalue weighted by Gasteiger charge is 2.69. The van der Waals surface area contributed by atoms with Crippen LogP contribution < -0.4 is 15.1 Å². The van der Waals surface area contributed by atoms with Crippen LogP contribution in [0.1, 0.15) is 29.5 Å². The van der Waals surface area contributed by atoms with Crippen LogP contribution in [0.5, 0.6) is 11.5 Å². The molecule has 2 N–H and O–H groups in total. The van der Waals surface area contributed by atoms with Crippen molar-refractivity contribution >= 4 is 76.0 Å². The number of fused-ring (bicyclic) bond motifs is 4. The first kappa shape index (κ1) is 38.5. The van der Waals surface area contributed by atoms with Crippen LogP contribution in [-0.4, -0.2) is 45.8 Å². The second kappa shape index (κ2) is 14.2. The molecule has 0 bridgehead atoms. The number of aromatic hydroxyl groups is 1. The highest BCUT2D eigenvalue weighted by atomic mass is 35.5. The summed E-state index contributed by atoms with van der Waals surface area (Å²) in [5, 5.41) is 11.3. The van der Waals surface area contributed by atoms with Crippen molar-refractivity contribution in [2.24, 2.45) is 29.6 Å². The Morgan fingerprint density at radius 1 is 0.912 bits per heavy atom. The number of allylic oxidation sites excluding steroid dienone is 3. The van der Waals surface area contributed by atoms with Gasteiger partial charge in [0.15, 0.2) is 17.3 Å². The molecule has 292 valence electrons. The normalized spacial score (nSPS) is 25.7. The van der Waals surface area contributed by atoms with E-state index >= 15 is 4.79 Å². The van der Waals surface area contributed by atoms with Crippen LogP contribution in [0, 0.1) is 29.6 Å². The number of aromatic nitrogens is 1. The van der Waals surface area contributed by atoms with E-state index in [1.807, 2.05) is 6.08 Å². The number of methoxy groups -OCH3 is 1. The molecule has 6 unspecified atom stereocenters. The van der Waals surface area contributed by atoms with Crippen molar-refractivity contribution in [3.8, 4) is 11.5 Å². The number of hydrogen-bond acceptors (Lipinski definition) is 8. The number of amides is 4. The standard InChI is InChI=1S/C41H30Cl3F3N4O6/c1-57-33-16-20(3-15-32(33)52)2-14-29-26-12-13-27-34(38(55)50(36(27)53)25-10-8-24(43)9-11-25)28(26)18-30-37(54)51(39(56)40(29,30)21-4-6-23(42)7-5-21)49-35-31(44)17-22(19-48-35)41(45,46)47/h2-12,14-17,19,27-30,34,52H,13,18H2,1H3,(H,48,49). The van der Waals surface area contributed by atoms with Crippen molar-refractivity contribution in [3.63, 3.8) is 0 Å². The average molecular weight is 838 g/mol. The molecule has 2 saturated heterocycles. The van der Waals surface area contributed by atoms with Crippen LogP contribution in [0.3, 0.4) is 0 Å². The number of hydrogen-bond donors (Lipinski definition) is 2. The highest BCUT2D eigenvalue weighted by molar-refractivity contribution is 6.33. The van der Waals surface area contributed by atoms with Gasteiger partial charge < -0.3 is 9.84 Å². The first-order valence-corrected chi connectivity index (χ1v) is 18.8. The summed E-state index contributed by atoms with van der Waals surface area (Å²) < 4.78 is 45.8. The molecule has 10 nitrogen and oxygen atoms in total. The Balaban J connectivity index is 1.29. The van der Waals surface area contributed by atoms with Crippen LogP contribution in [-0.2, 0) is 30.8 Å². The lowest BCUT2D eigenvalue weighted by molar-refractivity contribution is -0.139. The number of halogens is 6. The quantitative estimate of drug-likeness (QED) is 0.140. The zero-order valence-corrected chi connectivity index (χ0v) is 31.9. The number of carbonyl (C=O) groups is 4. The number of phenols is 1. The second-order valence-corrected chi connectivity index (χ2v) is 15.5. The Kier molecular flexibility index (Phi) is 9.61. The van der Waals surface area contributed by atoms with Gasteiger partial charge in [0.25, 0.3) is 11.8 Å². The third-order valence-corrected chi connectivity index (χ3v) is 12.2. The fourth-order valence-electron chi connectivity index (χ4n) is 8.88. The lowest BCUT2D eigenvalue weighted by Crippen LogP contribution is -2.54. The molecule has 0 spiro atoms.